The highest BCUT2D eigenvalue weighted by molar-refractivity contribution is 5.95. The summed E-state index contributed by atoms with van der Waals surface area (Å²) < 4.78 is 0. The fraction of sp³-hybridized carbons (Fsp3) is 0.500. The zero-order chi connectivity index (χ0) is 12.4. The number of nitrogens with zero attached hydrogens (tertiary/aromatic N) is 1. The van der Waals surface area contributed by atoms with Gasteiger partial charge in [-0.05, 0) is 25.8 Å². The molecule has 1 aliphatic rings. The van der Waals surface area contributed by atoms with Crippen molar-refractivity contribution in [2.75, 3.05) is 13.1 Å². The predicted octanol–water partition coefficient (Wildman–Crippen LogP) is 1.26. The van der Waals surface area contributed by atoms with Crippen LogP contribution in [0.5, 0.6) is 0 Å². The lowest BCUT2D eigenvalue weighted by molar-refractivity contribution is -0.143. The van der Waals surface area contributed by atoms with Crippen LogP contribution in [-0.4, -0.2) is 40.0 Å². The molecule has 5 nitrogen and oxygen atoms in total. The summed E-state index contributed by atoms with van der Waals surface area (Å²) in [6.07, 6.45) is 3.14. The fourth-order valence-corrected chi connectivity index (χ4v) is 2.22. The molecule has 1 fully saturated rings. The van der Waals surface area contributed by atoms with Crippen molar-refractivity contribution in [3.8, 4) is 0 Å². The number of hydrogen-bond donors (Lipinski definition) is 2. The summed E-state index contributed by atoms with van der Waals surface area (Å²) >= 11 is 0. The second-order valence-electron chi connectivity index (χ2n) is 4.44. The standard InChI is InChI=1S/C12H16N2O3/c1-8-10(4-5-13-8)11(15)14-6-2-3-9(7-14)12(16)17/h4-5,9,13H,2-3,6-7H2,1H3,(H,16,17). The topological polar surface area (TPSA) is 73.4 Å². The van der Waals surface area contributed by atoms with Crippen LogP contribution in [0.2, 0.25) is 0 Å². The third-order valence-corrected chi connectivity index (χ3v) is 3.24. The van der Waals surface area contributed by atoms with Gasteiger partial charge >= 0.3 is 5.97 Å². The van der Waals surface area contributed by atoms with Crippen molar-refractivity contribution in [1.82, 2.24) is 9.88 Å². The number of rotatable bonds is 2. The number of aliphatic carboxylic acids is 1. The van der Waals surface area contributed by atoms with Crippen LogP contribution in [0.3, 0.4) is 0 Å². The van der Waals surface area contributed by atoms with Crippen molar-refractivity contribution in [3.63, 3.8) is 0 Å². The number of carbonyl (C=O) groups excluding carboxylic acids is 1. The number of piperidine rings is 1. The average molecular weight is 236 g/mol. The molecule has 2 rings (SSSR count). The summed E-state index contributed by atoms with van der Waals surface area (Å²) in [5.74, 6) is -1.31. The van der Waals surface area contributed by atoms with Crippen LogP contribution < -0.4 is 0 Å². The van der Waals surface area contributed by atoms with Gasteiger partial charge in [-0.2, -0.15) is 0 Å². The molecule has 2 N–H and O–H groups in total. The van der Waals surface area contributed by atoms with Crippen LogP contribution >= 0.6 is 0 Å². The monoisotopic (exact) mass is 236 g/mol. The average Bonchev–Trinajstić information content (AvgIpc) is 2.74. The highest BCUT2D eigenvalue weighted by atomic mass is 16.4. The minimum Gasteiger partial charge on any atom is -0.481 e. The lowest BCUT2D eigenvalue weighted by Gasteiger charge is -2.30. The van der Waals surface area contributed by atoms with Crippen LogP contribution in [0.4, 0.5) is 0 Å². The number of aromatic nitrogens is 1. The first-order chi connectivity index (χ1) is 8.09. The molecule has 1 aromatic rings. The number of carbonyl (C=O) groups is 2. The number of hydrogen-bond acceptors (Lipinski definition) is 2. The Morgan fingerprint density at radius 3 is 2.88 bits per heavy atom. The second-order valence-corrected chi connectivity index (χ2v) is 4.44. The van der Waals surface area contributed by atoms with Crippen LogP contribution in [0, 0.1) is 12.8 Å². The molecule has 0 spiro atoms. The van der Waals surface area contributed by atoms with E-state index in [4.69, 9.17) is 5.11 Å². The number of carboxylic acids is 1. The molecule has 0 radical (unpaired) electrons. The Morgan fingerprint density at radius 1 is 1.53 bits per heavy atom. The SMILES string of the molecule is Cc1[nH]ccc1C(=O)N1CCCC(C(=O)O)C1. The zero-order valence-corrected chi connectivity index (χ0v) is 9.77. The first kappa shape index (κ1) is 11.7. The highest BCUT2D eigenvalue weighted by Crippen LogP contribution is 2.19. The van der Waals surface area contributed by atoms with E-state index in [1.54, 1.807) is 17.2 Å². The van der Waals surface area contributed by atoms with E-state index in [0.29, 0.717) is 25.1 Å². The zero-order valence-electron chi connectivity index (χ0n) is 9.77. The number of carboxylic acid groups (broad SMARTS) is 1. The maximum Gasteiger partial charge on any atom is 0.308 e. The van der Waals surface area contributed by atoms with Crippen molar-refractivity contribution in [2.24, 2.45) is 5.92 Å². The van der Waals surface area contributed by atoms with E-state index in [1.807, 2.05) is 6.92 Å². The number of aromatic amines is 1. The Morgan fingerprint density at radius 2 is 2.29 bits per heavy atom. The Kier molecular flexibility index (Phi) is 3.17. The van der Waals surface area contributed by atoms with Crippen molar-refractivity contribution in [1.29, 1.82) is 0 Å². The van der Waals surface area contributed by atoms with Gasteiger partial charge in [-0.3, -0.25) is 9.59 Å². The molecule has 1 aromatic heterocycles. The molecule has 17 heavy (non-hydrogen) atoms. The van der Waals surface area contributed by atoms with E-state index in [1.165, 1.54) is 0 Å². The maximum absolute atomic E-state index is 12.2. The molecule has 92 valence electrons. The normalized spacial score (nSPS) is 20.3. The second kappa shape index (κ2) is 4.61. The summed E-state index contributed by atoms with van der Waals surface area (Å²) in [7, 11) is 0. The van der Waals surface area contributed by atoms with Crippen molar-refractivity contribution in [3.05, 3.63) is 23.5 Å². The molecule has 1 amide bonds. The third kappa shape index (κ3) is 2.33. The van der Waals surface area contributed by atoms with Crippen LogP contribution in [0.1, 0.15) is 28.9 Å². The molecular weight excluding hydrogens is 220 g/mol. The van der Waals surface area contributed by atoms with Gasteiger partial charge in [-0.1, -0.05) is 0 Å². The van der Waals surface area contributed by atoms with Crippen LogP contribution in [0.25, 0.3) is 0 Å². The Labute approximate surface area is 99.4 Å². The first-order valence-corrected chi connectivity index (χ1v) is 5.75. The molecule has 0 bridgehead atoms. The number of amides is 1. The first-order valence-electron chi connectivity index (χ1n) is 5.75. The lowest BCUT2D eigenvalue weighted by atomic mass is 9.97. The van der Waals surface area contributed by atoms with Crippen LogP contribution in [0.15, 0.2) is 12.3 Å². The molecule has 0 aliphatic carbocycles. The summed E-state index contributed by atoms with van der Waals surface area (Å²) in [6, 6.07) is 1.74. The molecule has 2 heterocycles. The van der Waals surface area contributed by atoms with Gasteiger partial charge in [0.05, 0.1) is 11.5 Å². The van der Waals surface area contributed by atoms with Gasteiger partial charge in [0.1, 0.15) is 0 Å². The summed E-state index contributed by atoms with van der Waals surface area (Å²) in [6.45, 7) is 2.80. The maximum atomic E-state index is 12.2. The van der Waals surface area contributed by atoms with E-state index in [0.717, 1.165) is 12.1 Å². The van der Waals surface area contributed by atoms with E-state index in [9.17, 15) is 9.59 Å². The number of likely N-dealkylation sites (tertiary alicyclic amines) is 1. The smallest absolute Gasteiger partial charge is 0.308 e. The van der Waals surface area contributed by atoms with Crippen LogP contribution in [-0.2, 0) is 4.79 Å². The predicted molar refractivity (Wildman–Crippen MR) is 61.8 cm³/mol. The van der Waals surface area contributed by atoms with E-state index >= 15 is 0 Å². The Hall–Kier alpha value is -1.78. The minimum absolute atomic E-state index is 0.0744. The van der Waals surface area contributed by atoms with Crippen molar-refractivity contribution >= 4 is 11.9 Å². The number of aryl methyl sites for hydroxylation is 1. The summed E-state index contributed by atoms with van der Waals surface area (Å²) in [5.41, 5.74) is 1.46. The Bertz CT molecular complexity index is 439. The largest absolute Gasteiger partial charge is 0.481 e. The molecule has 5 heteroatoms. The van der Waals surface area contributed by atoms with Gasteiger partial charge < -0.3 is 15.0 Å². The minimum atomic E-state index is -0.812. The van der Waals surface area contributed by atoms with Gasteiger partial charge in [0, 0.05) is 25.0 Å². The van der Waals surface area contributed by atoms with Crippen molar-refractivity contribution < 1.29 is 14.7 Å². The van der Waals surface area contributed by atoms with Gasteiger partial charge in [0.2, 0.25) is 0 Å². The van der Waals surface area contributed by atoms with Gasteiger partial charge in [0.25, 0.3) is 5.91 Å². The van der Waals surface area contributed by atoms with Crippen molar-refractivity contribution in [2.45, 2.75) is 19.8 Å². The molecule has 1 unspecified atom stereocenters. The molecule has 0 aromatic carbocycles. The molecule has 1 saturated heterocycles. The fourth-order valence-electron chi connectivity index (χ4n) is 2.22. The summed E-state index contributed by atoms with van der Waals surface area (Å²) in [5, 5.41) is 8.98. The molecule has 1 aliphatic heterocycles. The van der Waals surface area contributed by atoms with Gasteiger partial charge in [0.15, 0.2) is 0 Å². The lowest BCUT2D eigenvalue weighted by Crippen LogP contribution is -2.42. The Balaban J connectivity index is 2.10. The van der Waals surface area contributed by atoms with Gasteiger partial charge in [-0.25, -0.2) is 0 Å². The molecular formula is C12H16N2O3. The van der Waals surface area contributed by atoms with E-state index in [2.05, 4.69) is 4.98 Å². The van der Waals surface area contributed by atoms with Gasteiger partial charge in [-0.15, -0.1) is 0 Å². The quantitative estimate of drug-likeness (QED) is 0.811. The number of nitrogens with one attached hydrogen (secondary N) is 1. The van der Waals surface area contributed by atoms with E-state index < -0.39 is 11.9 Å². The summed E-state index contributed by atoms with van der Waals surface area (Å²) in [4.78, 5) is 27.7. The molecule has 1 atom stereocenters. The highest BCUT2D eigenvalue weighted by Gasteiger charge is 2.29. The van der Waals surface area contributed by atoms with E-state index in [-0.39, 0.29) is 5.91 Å². The number of H-pyrrole nitrogens is 1. The molecule has 0 saturated carbocycles. The third-order valence-electron chi connectivity index (χ3n) is 3.24.